The van der Waals surface area contributed by atoms with Gasteiger partial charge in [0.05, 0.1) is 17.3 Å². The minimum atomic E-state index is -0.0739. The number of carbonyl (C=O) groups is 1. The number of urea groups is 1. The summed E-state index contributed by atoms with van der Waals surface area (Å²) < 4.78 is 1.74. The Bertz CT molecular complexity index is 1190. The SMILES string of the molecule is Cn1ncc2c(N3CCN(C(=O)Nc4cccc5ccccc45)CC3)ncnc21. The third-order valence-electron chi connectivity index (χ3n) is 5.41. The number of nitrogens with zero attached hydrogens (tertiary/aromatic N) is 6. The first-order valence-corrected chi connectivity index (χ1v) is 9.62. The van der Waals surface area contributed by atoms with E-state index >= 15 is 0 Å². The van der Waals surface area contributed by atoms with Crippen LogP contribution in [-0.4, -0.2) is 56.9 Å². The predicted molar refractivity (Wildman–Crippen MR) is 113 cm³/mol. The van der Waals surface area contributed by atoms with Gasteiger partial charge in [0.25, 0.3) is 0 Å². The van der Waals surface area contributed by atoms with Crippen molar-refractivity contribution in [3.8, 4) is 0 Å². The first kappa shape index (κ1) is 17.4. The first-order valence-electron chi connectivity index (χ1n) is 9.62. The van der Waals surface area contributed by atoms with Gasteiger partial charge in [0.1, 0.15) is 12.1 Å². The summed E-state index contributed by atoms with van der Waals surface area (Å²) in [5, 5.41) is 10.4. The van der Waals surface area contributed by atoms with E-state index < -0.39 is 0 Å². The van der Waals surface area contributed by atoms with Crippen molar-refractivity contribution in [3.63, 3.8) is 0 Å². The molecule has 4 aromatic rings. The molecule has 146 valence electrons. The Labute approximate surface area is 167 Å². The van der Waals surface area contributed by atoms with Crippen LogP contribution in [0.2, 0.25) is 0 Å². The number of carbonyl (C=O) groups excluding carboxylic acids is 1. The van der Waals surface area contributed by atoms with Crippen LogP contribution in [0.3, 0.4) is 0 Å². The van der Waals surface area contributed by atoms with E-state index in [1.165, 1.54) is 0 Å². The van der Waals surface area contributed by atoms with Crippen molar-refractivity contribution in [3.05, 3.63) is 55.0 Å². The molecule has 5 rings (SSSR count). The molecule has 2 aromatic carbocycles. The van der Waals surface area contributed by atoms with E-state index in [9.17, 15) is 4.79 Å². The number of hydrogen-bond acceptors (Lipinski definition) is 5. The highest BCUT2D eigenvalue weighted by Crippen LogP contribution is 2.25. The van der Waals surface area contributed by atoms with E-state index in [0.717, 1.165) is 33.3 Å². The summed E-state index contributed by atoms with van der Waals surface area (Å²) in [5.41, 5.74) is 1.65. The van der Waals surface area contributed by atoms with Gasteiger partial charge < -0.3 is 15.1 Å². The Kier molecular flexibility index (Phi) is 4.23. The Hall–Kier alpha value is -3.68. The van der Waals surface area contributed by atoms with E-state index in [-0.39, 0.29) is 6.03 Å². The van der Waals surface area contributed by atoms with Crippen molar-refractivity contribution in [1.82, 2.24) is 24.6 Å². The maximum Gasteiger partial charge on any atom is 0.321 e. The van der Waals surface area contributed by atoms with Crippen molar-refractivity contribution < 1.29 is 4.79 Å². The number of nitrogens with one attached hydrogen (secondary N) is 1. The molecule has 1 aliphatic heterocycles. The minimum absolute atomic E-state index is 0.0739. The van der Waals surface area contributed by atoms with Crippen LogP contribution in [0.5, 0.6) is 0 Å². The molecule has 1 aliphatic rings. The van der Waals surface area contributed by atoms with Crippen molar-refractivity contribution in [2.45, 2.75) is 0 Å². The molecule has 1 saturated heterocycles. The summed E-state index contributed by atoms with van der Waals surface area (Å²) in [6, 6.07) is 13.9. The van der Waals surface area contributed by atoms with Crippen LogP contribution in [0.1, 0.15) is 0 Å². The topological polar surface area (TPSA) is 79.2 Å². The van der Waals surface area contributed by atoms with Gasteiger partial charge in [0, 0.05) is 38.6 Å². The molecule has 1 fully saturated rings. The van der Waals surface area contributed by atoms with E-state index in [1.54, 1.807) is 17.2 Å². The summed E-state index contributed by atoms with van der Waals surface area (Å²) in [6.07, 6.45) is 3.36. The predicted octanol–water partition coefficient (Wildman–Crippen LogP) is 2.87. The zero-order valence-corrected chi connectivity index (χ0v) is 16.1. The first-order chi connectivity index (χ1) is 14.2. The van der Waals surface area contributed by atoms with Crippen LogP contribution in [-0.2, 0) is 7.05 Å². The highest BCUT2D eigenvalue weighted by atomic mass is 16.2. The fraction of sp³-hybridized carbons (Fsp3) is 0.238. The quantitative estimate of drug-likeness (QED) is 0.572. The second-order valence-corrected chi connectivity index (χ2v) is 7.13. The number of hydrogen-bond donors (Lipinski definition) is 1. The standard InChI is InChI=1S/C21H21N7O/c1-26-19-17(13-24-26)20(23-14-22-19)27-9-11-28(12-10-27)21(29)25-18-8-4-6-15-5-2-3-7-16(15)18/h2-8,13-14H,9-12H2,1H3,(H,25,29). The number of fused-ring (bicyclic) bond motifs is 2. The number of anilines is 2. The smallest absolute Gasteiger partial charge is 0.321 e. The monoisotopic (exact) mass is 387 g/mol. The van der Waals surface area contributed by atoms with Gasteiger partial charge in [-0.1, -0.05) is 36.4 Å². The molecule has 1 N–H and O–H groups in total. The normalized spacial score (nSPS) is 14.5. The van der Waals surface area contributed by atoms with E-state index in [4.69, 9.17) is 0 Å². The summed E-state index contributed by atoms with van der Waals surface area (Å²) >= 11 is 0. The summed E-state index contributed by atoms with van der Waals surface area (Å²) in [7, 11) is 1.87. The summed E-state index contributed by atoms with van der Waals surface area (Å²) in [5.74, 6) is 0.872. The van der Waals surface area contributed by atoms with Crippen molar-refractivity contribution in [2.24, 2.45) is 7.05 Å². The molecule has 0 atom stereocenters. The van der Waals surface area contributed by atoms with Crippen molar-refractivity contribution in [1.29, 1.82) is 0 Å². The molecule has 8 heteroatoms. The van der Waals surface area contributed by atoms with Gasteiger partial charge in [0.2, 0.25) is 0 Å². The third kappa shape index (κ3) is 3.12. The van der Waals surface area contributed by atoms with Crippen LogP contribution in [0.15, 0.2) is 55.0 Å². The number of piperazine rings is 1. The fourth-order valence-electron chi connectivity index (χ4n) is 3.85. The molecule has 2 amide bonds. The third-order valence-corrected chi connectivity index (χ3v) is 5.41. The number of rotatable bonds is 2. The van der Waals surface area contributed by atoms with Crippen molar-refractivity contribution in [2.75, 3.05) is 36.4 Å². The van der Waals surface area contributed by atoms with Crippen LogP contribution in [0.25, 0.3) is 21.8 Å². The molecule has 2 aromatic heterocycles. The van der Waals surface area contributed by atoms with Gasteiger partial charge in [0.15, 0.2) is 5.65 Å². The lowest BCUT2D eigenvalue weighted by molar-refractivity contribution is 0.208. The largest absolute Gasteiger partial charge is 0.352 e. The fourth-order valence-corrected chi connectivity index (χ4v) is 3.85. The second kappa shape index (κ2) is 7.05. The van der Waals surface area contributed by atoms with Crippen LogP contribution < -0.4 is 10.2 Å². The van der Waals surface area contributed by atoms with Crippen LogP contribution >= 0.6 is 0 Å². The van der Waals surface area contributed by atoms with E-state index in [0.29, 0.717) is 26.2 Å². The Balaban J connectivity index is 1.29. The van der Waals surface area contributed by atoms with E-state index in [1.807, 2.05) is 54.4 Å². The summed E-state index contributed by atoms with van der Waals surface area (Å²) in [4.78, 5) is 25.6. The zero-order chi connectivity index (χ0) is 19.8. The van der Waals surface area contributed by atoms with E-state index in [2.05, 4.69) is 25.3 Å². The molecular formula is C21H21N7O. The molecule has 0 unspecified atom stereocenters. The summed E-state index contributed by atoms with van der Waals surface area (Å²) in [6.45, 7) is 2.68. The lowest BCUT2D eigenvalue weighted by Gasteiger charge is -2.35. The maximum absolute atomic E-state index is 12.8. The molecule has 3 heterocycles. The van der Waals surface area contributed by atoms with Gasteiger partial charge in [-0.25, -0.2) is 14.8 Å². The van der Waals surface area contributed by atoms with Gasteiger partial charge >= 0.3 is 6.03 Å². The molecule has 8 nitrogen and oxygen atoms in total. The van der Waals surface area contributed by atoms with Crippen LogP contribution in [0, 0.1) is 0 Å². The minimum Gasteiger partial charge on any atom is -0.352 e. The van der Waals surface area contributed by atoms with Gasteiger partial charge in [-0.05, 0) is 11.5 Å². The number of benzene rings is 2. The number of aromatic nitrogens is 4. The second-order valence-electron chi connectivity index (χ2n) is 7.13. The Morgan fingerprint density at radius 3 is 2.62 bits per heavy atom. The zero-order valence-electron chi connectivity index (χ0n) is 16.1. The molecule has 0 saturated carbocycles. The lowest BCUT2D eigenvalue weighted by Crippen LogP contribution is -2.50. The average Bonchev–Trinajstić information content (AvgIpc) is 3.15. The van der Waals surface area contributed by atoms with Gasteiger partial charge in [-0.15, -0.1) is 0 Å². The highest BCUT2D eigenvalue weighted by molar-refractivity contribution is 6.01. The van der Waals surface area contributed by atoms with Gasteiger partial charge in [-0.2, -0.15) is 5.10 Å². The molecule has 0 spiro atoms. The average molecular weight is 387 g/mol. The molecule has 29 heavy (non-hydrogen) atoms. The number of amides is 2. The molecular weight excluding hydrogens is 366 g/mol. The van der Waals surface area contributed by atoms with Gasteiger partial charge in [-0.3, -0.25) is 4.68 Å². The number of aryl methyl sites for hydroxylation is 1. The van der Waals surface area contributed by atoms with Crippen LogP contribution in [0.4, 0.5) is 16.3 Å². The Morgan fingerprint density at radius 2 is 1.76 bits per heavy atom. The lowest BCUT2D eigenvalue weighted by atomic mass is 10.1. The molecule has 0 bridgehead atoms. The highest BCUT2D eigenvalue weighted by Gasteiger charge is 2.24. The van der Waals surface area contributed by atoms with Crippen molar-refractivity contribution >= 4 is 39.3 Å². The maximum atomic E-state index is 12.8. The molecule has 0 aliphatic carbocycles. The molecule has 0 radical (unpaired) electrons. The Morgan fingerprint density at radius 1 is 0.966 bits per heavy atom.